The molecule has 1 nitrogen and oxygen atoms in total. The van der Waals surface area contributed by atoms with Crippen LogP contribution in [0.2, 0.25) is 4.34 Å². The summed E-state index contributed by atoms with van der Waals surface area (Å²) in [6.07, 6.45) is 1.04. The summed E-state index contributed by atoms with van der Waals surface area (Å²) in [6, 6.07) is 3.99. The highest BCUT2D eigenvalue weighted by atomic mass is 35.5. The Hall–Kier alpha value is -0.310. The van der Waals surface area contributed by atoms with Crippen molar-refractivity contribution in [3.8, 4) is 0 Å². The van der Waals surface area contributed by atoms with Crippen molar-refractivity contribution >= 4 is 22.9 Å². The molecule has 1 aromatic rings. The van der Waals surface area contributed by atoms with Crippen molar-refractivity contribution in [3.05, 3.63) is 33.5 Å². The van der Waals surface area contributed by atoms with Gasteiger partial charge in [0, 0.05) is 11.4 Å². The number of hydrogen-bond donors (Lipinski definition) is 1. The minimum Gasteiger partial charge on any atom is -0.312 e. The minimum atomic E-state index is 0.858. The van der Waals surface area contributed by atoms with Gasteiger partial charge in [0.2, 0.25) is 0 Å². The van der Waals surface area contributed by atoms with Gasteiger partial charge < -0.3 is 5.32 Å². The van der Waals surface area contributed by atoms with Crippen LogP contribution in [0.25, 0.3) is 0 Å². The molecule has 0 radical (unpaired) electrons. The van der Waals surface area contributed by atoms with Gasteiger partial charge in [-0.15, -0.1) is 17.9 Å². The average Bonchev–Trinajstić information content (AvgIpc) is 2.45. The van der Waals surface area contributed by atoms with Crippen LogP contribution in [-0.4, -0.2) is 6.54 Å². The van der Waals surface area contributed by atoms with E-state index in [9.17, 15) is 0 Å². The molecule has 0 aliphatic heterocycles. The molecular weight excluding hydrogens is 202 g/mol. The van der Waals surface area contributed by atoms with E-state index in [2.05, 4.69) is 18.0 Å². The Kier molecular flexibility index (Phi) is 4.50. The first-order chi connectivity index (χ1) is 6.18. The number of nitrogens with one attached hydrogen (secondary N) is 1. The summed E-state index contributed by atoms with van der Waals surface area (Å²) in [5.41, 5.74) is 1.22. The number of hydrogen-bond acceptors (Lipinski definition) is 2. The summed E-state index contributed by atoms with van der Waals surface area (Å²) >= 11 is 7.43. The van der Waals surface area contributed by atoms with Gasteiger partial charge in [0.05, 0.1) is 4.34 Å². The smallest absolute Gasteiger partial charge is 0.0931 e. The zero-order chi connectivity index (χ0) is 9.68. The third-order valence-corrected chi connectivity index (χ3v) is 2.89. The molecule has 0 aliphatic rings. The minimum absolute atomic E-state index is 0.858. The highest BCUT2D eigenvalue weighted by Crippen LogP contribution is 2.20. The summed E-state index contributed by atoms with van der Waals surface area (Å²) in [6.45, 7) is 7.79. The normalized spacial score (nSPS) is 10.3. The quantitative estimate of drug-likeness (QED) is 0.586. The van der Waals surface area contributed by atoms with Crippen molar-refractivity contribution in [1.82, 2.24) is 5.32 Å². The molecule has 1 rings (SSSR count). The first-order valence-electron chi connectivity index (χ1n) is 4.28. The topological polar surface area (TPSA) is 12.0 Å². The molecule has 0 atom stereocenters. The monoisotopic (exact) mass is 215 g/mol. The summed E-state index contributed by atoms with van der Waals surface area (Å²) in [7, 11) is 0. The molecule has 0 unspecified atom stereocenters. The van der Waals surface area contributed by atoms with Gasteiger partial charge in [-0.05, 0) is 32.0 Å². The summed E-state index contributed by atoms with van der Waals surface area (Å²) in [5, 5.41) is 3.34. The van der Waals surface area contributed by atoms with Gasteiger partial charge in [0.25, 0.3) is 0 Å². The second-order valence-corrected chi connectivity index (χ2v) is 4.89. The summed E-state index contributed by atoms with van der Waals surface area (Å²) in [5.74, 6) is 0. The second kappa shape index (κ2) is 5.43. The highest BCUT2D eigenvalue weighted by Gasteiger charge is 1.96. The maximum Gasteiger partial charge on any atom is 0.0931 e. The largest absolute Gasteiger partial charge is 0.312 e. The Morgan fingerprint density at radius 1 is 1.62 bits per heavy atom. The Labute approximate surface area is 88.4 Å². The molecule has 1 aromatic heterocycles. The first kappa shape index (κ1) is 10.8. The van der Waals surface area contributed by atoms with Crippen LogP contribution < -0.4 is 5.32 Å². The van der Waals surface area contributed by atoms with Crippen molar-refractivity contribution in [3.63, 3.8) is 0 Å². The molecule has 0 fully saturated rings. The van der Waals surface area contributed by atoms with Gasteiger partial charge >= 0.3 is 0 Å². The van der Waals surface area contributed by atoms with E-state index < -0.39 is 0 Å². The first-order valence-corrected chi connectivity index (χ1v) is 5.47. The molecule has 72 valence electrons. The van der Waals surface area contributed by atoms with Crippen LogP contribution in [-0.2, 0) is 6.54 Å². The number of halogens is 1. The van der Waals surface area contributed by atoms with E-state index in [1.807, 2.05) is 13.0 Å². The number of rotatable bonds is 5. The Morgan fingerprint density at radius 3 is 2.92 bits per heavy atom. The van der Waals surface area contributed by atoms with Gasteiger partial charge in [-0.3, -0.25) is 0 Å². The van der Waals surface area contributed by atoms with Gasteiger partial charge in [-0.25, -0.2) is 0 Å². The molecule has 3 heteroatoms. The van der Waals surface area contributed by atoms with E-state index in [-0.39, 0.29) is 0 Å². The SMILES string of the molecule is C=C(C)CCNCc1ccc(Cl)s1. The molecule has 0 aliphatic carbocycles. The summed E-state index contributed by atoms with van der Waals surface area (Å²) < 4.78 is 0.858. The van der Waals surface area contributed by atoms with Crippen LogP contribution >= 0.6 is 22.9 Å². The average molecular weight is 216 g/mol. The van der Waals surface area contributed by atoms with Crippen molar-refractivity contribution in [2.24, 2.45) is 0 Å². The zero-order valence-corrected chi connectivity index (χ0v) is 9.34. The predicted octanol–water partition coefficient (Wildman–Crippen LogP) is 3.46. The lowest BCUT2D eigenvalue weighted by Gasteiger charge is -2.01. The molecule has 0 amide bonds. The lowest BCUT2D eigenvalue weighted by atomic mass is 10.2. The van der Waals surface area contributed by atoms with Gasteiger partial charge in [-0.1, -0.05) is 17.2 Å². The third-order valence-electron chi connectivity index (χ3n) is 1.66. The highest BCUT2D eigenvalue weighted by molar-refractivity contribution is 7.16. The van der Waals surface area contributed by atoms with Gasteiger partial charge in [-0.2, -0.15) is 0 Å². The van der Waals surface area contributed by atoms with E-state index in [1.165, 1.54) is 10.5 Å². The molecule has 0 saturated heterocycles. The molecule has 1 N–H and O–H groups in total. The molecule has 1 heterocycles. The lowest BCUT2D eigenvalue weighted by molar-refractivity contribution is 0.691. The Morgan fingerprint density at radius 2 is 2.38 bits per heavy atom. The summed E-state index contributed by atoms with van der Waals surface area (Å²) in [4.78, 5) is 1.28. The molecule has 0 aromatic carbocycles. The van der Waals surface area contributed by atoms with Gasteiger partial charge in [0.1, 0.15) is 0 Å². The zero-order valence-electron chi connectivity index (χ0n) is 7.77. The number of thiophene rings is 1. The van der Waals surface area contributed by atoms with E-state index in [0.717, 1.165) is 23.8 Å². The van der Waals surface area contributed by atoms with Crippen LogP contribution in [0.4, 0.5) is 0 Å². The maximum atomic E-state index is 5.80. The molecule has 0 bridgehead atoms. The van der Waals surface area contributed by atoms with Crippen LogP contribution in [0.3, 0.4) is 0 Å². The van der Waals surface area contributed by atoms with Crippen LogP contribution in [0.15, 0.2) is 24.3 Å². The fraction of sp³-hybridized carbons (Fsp3) is 0.400. The Bertz CT molecular complexity index is 280. The fourth-order valence-corrected chi connectivity index (χ4v) is 2.02. The standard InChI is InChI=1S/C10H14ClNS/c1-8(2)5-6-12-7-9-3-4-10(11)13-9/h3-4,12H,1,5-7H2,2H3. The predicted molar refractivity (Wildman–Crippen MR) is 60.5 cm³/mol. The lowest BCUT2D eigenvalue weighted by Crippen LogP contribution is -2.13. The van der Waals surface area contributed by atoms with E-state index in [4.69, 9.17) is 11.6 Å². The Balaban J connectivity index is 2.16. The molecule has 13 heavy (non-hydrogen) atoms. The van der Waals surface area contributed by atoms with Crippen molar-refractivity contribution in [1.29, 1.82) is 0 Å². The van der Waals surface area contributed by atoms with Crippen LogP contribution in [0.1, 0.15) is 18.2 Å². The fourth-order valence-electron chi connectivity index (χ4n) is 0.960. The van der Waals surface area contributed by atoms with E-state index in [0.29, 0.717) is 0 Å². The molecular formula is C10H14ClNS. The molecule has 0 spiro atoms. The molecule has 0 saturated carbocycles. The van der Waals surface area contributed by atoms with Crippen LogP contribution in [0.5, 0.6) is 0 Å². The van der Waals surface area contributed by atoms with Crippen LogP contribution in [0, 0.1) is 0 Å². The van der Waals surface area contributed by atoms with Crippen molar-refractivity contribution < 1.29 is 0 Å². The third kappa shape index (κ3) is 4.46. The van der Waals surface area contributed by atoms with E-state index in [1.54, 1.807) is 11.3 Å². The van der Waals surface area contributed by atoms with Crippen molar-refractivity contribution in [2.75, 3.05) is 6.54 Å². The van der Waals surface area contributed by atoms with Gasteiger partial charge in [0.15, 0.2) is 0 Å². The van der Waals surface area contributed by atoms with Crippen molar-refractivity contribution in [2.45, 2.75) is 19.9 Å². The van der Waals surface area contributed by atoms with E-state index >= 15 is 0 Å². The maximum absolute atomic E-state index is 5.80. The second-order valence-electron chi connectivity index (χ2n) is 3.09.